The molecule has 2 aromatic rings. The van der Waals surface area contributed by atoms with Gasteiger partial charge in [-0.3, -0.25) is 9.69 Å². The van der Waals surface area contributed by atoms with Crippen LogP contribution >= 0.6 is 0 Å². The number of anilines is 1. The van der Waals surface area contributed by atoms with Crippen molar-refractivity contribution in [3.8, 4) is 5.69 Å². The van der Waals surface area contributed by atoms with Crippen LogP contribution < -0.4 is 4.90 Å². The molecule has 0 bridgehead atoms. The second kappa shape index (κ2) is 8.82. The Balaban J connectivity index is 1.99. The lowest BCUT2D eigenvalue weighted by molar-refractivity contribution is -0.124. The Labute approximate surface area is 182 Å². The Morgan fingerprint density at radius 2 is 1.71 bits per heavy atom. The highest BCUT2D eigenvalue weighted by Crippen LogP contribution is 2.32. The number of aromatic nitrogens is 2. The number of aromatic carboxylic acids is 1. The molecule has 0 atom stereocenters. The van der Waals surface area contributed by atoms with Crippen LogP contribution in [0.4, 0.5) is 5.82 Å². The van der Waals surface area contributed by atoms with Gasteiger partial charge in [0.2, 0.25) is 5.91 Å². The van der Waals surface area contributed by atoms with Gasteiger partial charge in [-0.15, -0.1) is 5.10 Å². The molecular formula is C22H29N3O5S. The number of carboxylic acid groups (broad SMARTS) is 1. The number of rotatable bonds is 6. The van der Waals surface area contributed by atoms with Gasteiger partial charge in [-0.1, -0.05) is 6.92 Å². The fourth-order valence-electron chi connectivity index (χ4n) is 3.98. The molecule has 1 aliphatic carbocycles. The van der Waals surface area contributed by atoms with E-state index in [1.807, 2.05) is 13.8 Å². The second-order valence-corrected chi connectivity index (χ2v) is 10.7. The first-order valence-corrected chi connectivity index (χ1v) is 12.3. The fraction of sp³-hybridized carbons (Fsp3) is 0.500. The zero-order valence-corrected chi connectivity index (χ0v) is 19.1. The van der Waals surface area contributed by atoms with E-state index in [-0.39, 0.29) is 34.1 Å². The molecule has 1 fully saturated rings. The van der Waals surface area contributed by atoms with Crippen molar-refractivity contribution in [3.05, 3.63) is 36.0 Å². The van der Waals surface area contributed by atoms with Crippen LogP contribution in [-0.4, -0.2) is 47.5 Å². The lowest BCUT2D eigenvalue weighted by Gasteiger charge is -2.32. The maximum absolute atomic E-state index is 13.3. The molecule has 1 aliphatic rings. The quantitative estimate of drug-likeness (QED) is 0.725. The molecule has 0 unspecified atom stereocenters. The van der Waals surface area contributed by atoms with Gasteiger partial charge in [-0.05, 0) is 69.7 Å². The predicted molar refractivity (Wildman–Crippen MR) is 117 cm³/mol. The van der Waals surface area contributed by atoms with Gasteiger partial charge in [0.15, 0.2) is 15.7 Å². The molecule has 168 valence electrons. The lowest BCUT2D eigenvalue weighted by Crippen LogP contribution is -2.43. The monoisotopic (exact) mass is 447 g/mol. The van der Waals surface area contributed by atoms with Crippen LogP contribution in [-0.2, 0) is 14.6 Å². The summed E-state index contributed by atoms with van der Waals surface area (Å²) in [5, 5.41) is 14.2. The number of hydrogen-bond donors (Lipinski definition) is 1. The Bertz CT molecular complexity index is 1070. The van der Waals surface area contributed by atoms with E-state index in [4.69, 9.17) is 0 Å². The predicted octanol–water partition coefficient (Wildman–Crippen LogP) is 3.54. The first-order chi connectivity index (χ1) is 14.5. The first kappa shape index (κ1) is 23.0. The molecule has 0 radical (unpaired) electrons. The summed E-state index contributed by atoms with van der Waals surface area (Å²) in [6.45, 7) is 5.87. The molecule has 0 spiro atoms. The van der Waals surface area contributed by atoms with E-state index in [0.29, 0.717) is 11.6 Å². The smallest absolute Gasteiger partial charge is 0.341 e. The van der Waals surface area contributed by atoms with Crippen LogP contribution in [0.15, 0.2) is 35.4 Å². The van der Waals surface area contributed by atoms with E-state index in [0.717, 1.165) is 31.9 Å². The molecule has 0 aliphatic heterocycles. The Kier molecular flexibility index (Phi) is 6.54. The van der Waals surface area contributed by atoms with Gasteiger partial charge in [0, 0.05) is 24.4 Å². The van der Waals surface area contributed by atoms with Gasteiger partial charge in [0.05, 0.1) is 10.6 Å². The van der Waals surface area contributed by atoms with Gasteiger partial charge in [0.1, 0.15) is 5.56 Å². The third-order valence-corrected chi connectivity index (χ3v) is 6.93. The van der Waals surface area contributed by atoms with Crippen LogP contribution in [0, 0.1) is 11.8 Å². The van der Waals surface area contributed by atoms with Crippen molar-refractivity contribution in [2.24, 2.45) is 11.8 Å². The van der Waals surface area contributed by atoms with Crippen molar-refractivity contribution < 1.29 is 23.1 Å². The summed E-state index contributed by atoms with van der Waals surface area (Å²) in [7, 11) is -3.35. The third kappa shape index (κ3) is 4.98. The van der Waals surface area contributed by atoms with Crippen molar-refractivity contribution in [2.75, 3.05) is 11.2 Å². The minimum atomic E-state index is -3.35. The zero-order chi connectivity index (χ0) is 22.9. The van der Waals surface area contributed by atoms with Crippen LogP contribution in [0.5, 0.6) is 0 Å². The van der Waals surface area contributed by atoms with Gasteiger partial charge < -0.3 is 5.11 Å². The maximum atomic E-state index is 13.3. The molecule has 31 heavy (non-hydrogen) atoms. The molecule has 1 aromatic carbocycles. The lowest BCUT2D eigenvalue weighted by atomic mass is 9.82. The van der Waals surface area contributed by atoms with E-state index < -0.39 is 15.8 Å². The Hall–Kier alpha value is -2.68. The van der Waals surface area contributed by atoms with Crippen molar-refractivity contribution in [1.82, 2.24) is 9.78 Å². The van der Waals surface area contributed by atoms with Gasteiger partial charge >= 0.3 is 5.97 Å². The van der Waals surface area contributed by atoms with Gasteiger partial charge in [-0.25, -0.2) is 17.9 Å². The number of hydrogen-bond acceptors (Lipinski definition) is 5. The third-order valence-electron chi connectivity index (χ3n) is 5.80. The molecule has 1 N–H and O–H groups in total. The average molecular weight is 448 g/mol. The normalized spacial score (nSPS) is 19.4. The summed E-state index contributed by atoms with van der Waals surface area (Å²) in [6, 6.07) is 5.74. The van der Waals surface area contributed by atoms with E-state index in [9.17, 15) is 23.1 Å². The summed E-state index contributed by atoms with van der Waals surface area (Å²) in [4.78, 5) is 26.9. The van der Waals surface area contributed by atoms with E-state index >= 15 is 0 Å². The number of carboxylic acids is 1. The average Bonchev–Trinajstić information content (AvgIpc) is 3.13. The highest BCUT2D eigenvalue weighted by atomic mass is 32.2. The molecule has 1 saturated carbocycles. The maximum Gasteiger partial charge on any atom is 0.341 e. The highest BCUT2D eigenvalue weighted by molar-refractivity contribution is 7.90. The van der Waals surface area contributed by atoms with Crippen molar-refractivity contribution in [3.63, 3.8) is 0 Å². The highest BCUT2D eigenvalue weighted by Gasteiger charge is 2.34. The first-order valence-electron chi connectivity index (χ1n) is 10.5. The zero-order valence-electron chi connectivity index (χ0n) is 18.3. The summed E-state index contributed by atoms with van der Waals surface area (Å²) in [5.41, 5.74) is 0.433. The van der Waals surface area contributed by atoms with Crippen LogP contribution in [0.3, 0.4) is 0 Å². The molecule has 0 saturated heterocycles. The largest absolute Gasteiger partial charge is 0.477 e. The SMILES string of the molecule is CC1CCC(C(=O)N(c2nn(-c3ccc(S(C)(=O)=O)cc3)cc2C(=O)O)C(C)C)CC1. The topological polar surface area (TPSA) is 110 Å². The van der Waals surface area contributed by atoms with Crippen LogP contribution in [0.2, 0.25) is 0 Å². The van der Waals surface area contributed by atoms with Crippen LogP contribution in [0.25, 0.3) is 5.69 Å². The Morgan fingerprint density at radius 3 is 2.19 bits per heavy atom. The minimum Gasteiger partial charge on any atom is -0.477 e. The molecule has 1 heterocycles. The van der Waals surface area contributed by atoms with E-state index in [1.54, 1.807) is 12.1 Å². The minimum absolute atomic E-state index is 0.0709. The van der Waals surface area contributed by atoms with Gasteiger partial charge in [0.25, 0.3) is 0 Å². The molecule has 1 aromatic heterocycles. The second-order valence-electron chi connectivity index (χ2n) is 8.64. The summed E-state index contributed by atoms with van der Waals surface area (Å²) >= 11 is 0. The summed E-state index contributed by atoms with van der Waals surface area (Å²) < 4.78 is 24.8. The molecular weight excluding hydrogens is 418 g/mol. The molecule has 3 rings (SSSR count). The van der Waals surface area contributed by atoms with E-state index in [1.165, 1.54) is 27.9 Å². The fourth-order valence-corrected chi connectivity index (χ4v) is 4.61. The van der Waals surface area contributed by atoms with Crippen LogP contribution in [0.1, 0.15) is 56.8 Å². The molecule has 1 amide bonds. The number of nitrogens with zero attached hydrogens (tertiary/aromatic N) is 3. The summed E-state index contributed by atoms with van der Waals surface area (Å²) in [5.74, 6) is -0.704. The standard InChI is InChI=1S/C22H29N3O5S/c1-14(2)25(21(26)16-7-5-15(3)6-8-16)20-19(22(27)28)13-24(23-20)17-9-11-18(12-10-17)31(4,29)30/h9-16H,5-8H2,1-4H3,(H,27,28). The molecule has 8 nitrogen and oxygen atoms in total. The number of carbonyl (C=O) groups excluding carboxylic acids is 1. The number of benzene rings is 1. The Morgan fingerprint density at radius 1 is 1.13 bits per heavy atom. The number of sulfone groups is 1. The summed E-state index contributed by atoms with van der Waals surface area (Å²) in [6.07, 6.45) is 6.02. The number of amides is 1. The van der Waals surface area contributed by atoms with Gasteiger partial charge in [-0.2, -0.15) is 0 Å². The van der Waals surface area contributed by atoms with Crippen molar-refractivity contribution >= 4 is 27.5 Å². The van der Waals surface area contributed by atoms with Crippen molar-refractivity contribution in [2.45, 2.75) is 57.4 Å². The van der Waals surface area contributed by atoms with E-state index in [2.05, 4.69) is 12.0 Å². The number of carbonyl (C=O) groups is 2. The molecule has 9 heteroatoms. The van der Waals surface area contributed by atoms with Crippen molar-refractivity contribution in [1.29, 1.82) is 0 Å².